The predicted octanol–water partition coefficient (Wildman–Crippen LogP) is 7.78. The van der Waals surface area contributed by atoms with Crippen LogP contribution in [0.1, 0.15) is 38.5 Å². The van der Waals surface area contributed by atoms with Crippen LogP contribution in [0.15, 0.2) is 54.6 Å². The molecule has 2 unspecified atom stereocenters. The Bertz CT molecular complexity index is 1380. The van der Waals surface area contributed by atoms with Gasteiger partial charge in [-0.1, -0.05) is 40.9 Å². The lowest BCUT2D eigenvalue weighted by atomic mass is 9.97. The molecule has 35 heavy (non-hydrogen) atoms. The molecule has 0 saturated heterocycles. The summed E-state index contributed by atoms with van der Waals surface area (Å²) < 4.78 is -1.32. The maximum atomic E-state index is 13.0. The van der Waals surface area contributed by atoms with Gasteiger partial charge in [0.05, 0.1) is 22.6 Å². The summed E-state index contributed by atoms with van der Waals surface area (Å²) in [6.07, 6.45) is 0.0986. The first-order valence-electron chi connectivity index (χ1n) is 10.5. The van der Waals surface area contributed by atoms with Gasteiger partial charge < -0.3 is 5.32 Å². The number of benzene rings is 3. The first-order chi connectivity index (χ1) is 16.5. The number of amides is 1. The molecule has 2 atom stereocenters. The SMILES string of the molecule is Cc1cc(C#N)ccc1CC(=O)c1cc(NC(=O)C2C(c3cc(Cl)cc(Cl)c3)C2(Cl)Cl)ccc1Cl. The van der Waals surface area contributed by atoms with Crippen LogP contribution >= 0.6 is 58.0 Å². The quantitative estimate of drug-likeness (QED) is 0.245. The molecule has 9 heteroatoms. The van der Waals surface area contributed by atoms with Crippen molar-refractivity contribution in [2.24, 2.45) is 5.92 Å². The zero-order valence-electron chi connectivity index (χ0n) is 18.2. The van der Waals surface area contributed by atoms with Crippen LogP contribution in [0.5, 0.6) is 0 Å². The van der Waals surface area contributed by atoms with Gasteiger partial charge in [-0.25, -0.2) is 0 Å². The van der Waals surface area contributed by atoms with E-state index in [1.165, 1.54) is 6.07 Å². The van der Waals surface area contributed by atoms with Gasteiger partial charge in [-0.05, 0) is 72.1 Å². The Kier molecular flexibility index (Phi) is 7.38. The summed E-state index contributed by atoms with van der Waals surface area (Å²) >= 11 is 31.3. The Morgan fingerprint density at radius 2 is 1.69 bits per heavy atom. The molecule has 1 amide bonds. The summed E-state index contributed by atoms with van der Waals surface area (Å²) in [7, 11) is 0. The molecule has 3 aromatic carbocycles. The van der Waals surface area contributed by atoms with Gasteiger partial charge >= 0.3 is 0 Å². The lowest BCUT2D eigenvalue weighted by molar-refractivity contribution is -0.117. The van der Waals surface area contributed by atoms with Crippen LogP contribution in [0.25, 0.3) is 0 Å². The van der Waals surface area contributed by atoms with Gasteiger partial charge in [0.25, 0.3) is 0 Å². The number of Topliss-reactive ketones (excluding diaryl/α,β-unsaturated/α-hetero) is 1. The van der Waals surface area contributed by atoms with E-state index in [1.54, 1.807) is 48.5 Å². The topological polar surface area (TPSA) is 70.0 Å². The maximum Gasteiger partial charge on any atom is 0.231 e. The molecule has 178 valence electrons. The minimum Gasteiger partial charge on any atom is -0.326 e. The lowest BCUT2D eigenvalue weighted by Gasteiger charge is -2.10. The molecular weight excluding hydrogens is 550 g/mol. The molecule has 0 bridgehead atoms. The van der Waals surface area contributed by atoms with Crippen LogP contribution in [-0.2, 0) is 11.2 Å². The number of aryl methyl sites for hydroxylation is 1. The van der Waals surface area contributed by atoms with Crippen molar-refractivity contribution in [3.8, 4) is 6.07 Å². The highest BCUT2D eigenvalue weighted by molar-refractivity contribution is 6.53. The number of halogens is 5. The van der Waals surface area contributed by atoms with Crippen molar-refractivity contribution in [3.05, 3.63) is 97.5 Å². The van der Waals surface area contributed by atoms with E-state index < -0.39 is 22.1 Å². The summed E-state index contributed by atoms with van der Waals surface area (Å²) in [5.41, 5.74) is 3.46. The molecule has 4 rings (SSSR count). The van der Waals surface area contributed by atoms with Crippen LogP contribution < -0.4 is 5.32 Å². The fourth-order valence-electron chi connectivity index (χ4n) is 4.09. The maximum absolute atomic E-state index is 13.0. The molecule has 1 fully saturated rings. The Balaban J connectivity index is 1.51. The lowest BCUT2D eigenvalue weighted by Crippen LogP contribution is -2.17. The molecule has 3 aromatic rings. The minimum absolute atomic E-state index is 0.0986. The van der Waals surface area contributed by atoms with Gasteiger partial charge in [-0.2, -0.15) is 5.26 Å². The molecule has 4 nitrogen and oxygen atoms in total. The van der Waals surface area contributed by atoms with Crippen molar-refractivity contribution in [1.82, 2.24) is 0 Å². The summed E-state index contributed by atoms with van der Waals surface area (Å²) in [5.74, 6) is -1.85. The number of carbonyl (C=O) groups is 2. The highest BCUT2D eigenvalue weighted by Gasteiger charge is 2.67. The molecule has 0 spiro atoms. The van der Waals surface area contributed by atoms with E-state index >= 15 is 0 Å². The monoisotopic (exact) mass is 564 g/mol. The highest BCUT2D eigenvalue weighted by atomic mass is 35.5. The third kappa shape index (κ3) is 5.45. The molecule has 0 aromatic heterocycles. The zero-order valence-corrected chi connectivity index (χ0v) is 22.0. The summed E-state index contributed by atoms with van der Waals surface area (Å²) in [6, 6.07) is 16.8. The number of nitriles is 1. The summed E-state index contributed by atoms with van der Waals surface area (Å²) in [4.78, 5) is 26.0. The van der Waals surface area contributed by atoms with Crippen molar-refractivity contribution in [2.45, 2.75) is 23.6 Å². The van der Waals surface area contributed by atoms with Gasteiger partial charge in [-0.15, -0.1) is 23.2 Å². The van der Waals surface area contributed by atoms with E-state index in [1.807, 2.05) is 6.92 Å². The second-order valence-corrected chi connectivity index (χ2v) is 11.1. The minimum atomic E-state index is -1.32. The highest BCUT2D eigenvalue weighted by Crippen LogP contribution is 2.65. The van der Waals surface area contributed by atoms with Gasteiger partial charge in [0.15, 0.2) is 5.78 Å². The number of hydrogen-bond donors (Lipinski definition) is 1. The summed E-state index contributed by atoms with van der Waals surface area (Å²) in [5, 5.41) is 12.9. The van der Waals surface area contributed by atoms with Crippen LogP contribution in [-0.4, -0.2) is 16.0 Å². The van der Waals surface area contributed by atoms with Gasteiger partial charge in [0.1, 0.15) is 4.33 Å². The van der Waals surface area contributed by atoms with Crippen LogP contribution in [0.2, 0.25) is 15.1 Å². The van der Waals surface area contributed by atoms with Crippen LogP contribution in [0, 0.1) is 24.2 Å². The van der Waals surface area contributed by atoms with Crippen LogP contribution in [0.3, 0.4) is 0 Å². The Hall–Kier alpha value is -2.26. The van der Waals surface area contributed by atoms with Gasteiger partial charge in [-0.3, -0.25) is 9.59 Å². The van der Waals surface area contributed by atoms with E-state index in [9.17, 15) is 9.59 Å². The zero-order chi connectivity index (χ0) is 25.5. The average Bonchev–Trinajstić information content (AvgIpc) is 3.37. The fourth-order valence-corrected chi connectivity index (χ4v) is 5.69. The number of nitrogens with zero attached hydrogens (tertiary/aromatic N) is 1. The van der Waals surface area contributed by atoms with Crippen molar-refractivity contribution >= 4 is 75.4 Å². The molecule has 1 N–H and O–H groups in total. The van der Waals surface area contributed by atoms with Crippen LogP contribution in [0.4, 0.5) is 5.69 Å². The average molecular weight is 567 g/mol. The Labute approximate surface area is 227 Å². The summed E-state index contributed by atoms with van der Waals surface area (Å²) in [6.45, 7) is 1.84. The van der Waals surface area contributed by atoms with E-state index in [0.29, 0.717) is 26.9 Å². The molecular formula is C26H17Cl5N2O2. The number of carbonyl (C=O) groups excluding carboxylic acids is 2. The fraction of sp³-hybridized carbons (Fsp3) is 0.192. The van der Waals surface area contributed by atoms with Crippen molar-refractivity contribution in [3.63, 3.8) is 0 Å². The van der Waals surface area contributed by atoms with Crippen molar-refractivity contribution in [1.29, 1.82) is 5.26 Å². The standard InChI is InChI=1S/C26H17Cl5N2O2/c1-13-6-14(12-32)2-3-15(13)9-22(34)20-11-19(4-5-21(20)29)33-25(35)24-23(26(24,30)31)16-7-17(27)10-18(28)8-16/h2-8,10-11,23-24H,9H2,1H3,(H,33,35). The second-order valence-electron chi connectivity index (χ2n) is 8.37. The largest absolute Gasteiger partial charge is 0.326 e. The molecule has 1 aliphatic rings. The number of hydrogen-bond acceptors (Lipinski definition) is 3. The molecule has 0 radical (unpaired) electrons. The first-order valence-corrected chi connectivity index (χ1v) is 12.4. The molecule has 1 saturated carbocycles. The van der Waals surface area contributed by atoms with Gasteiger partial charge in [0, 0.05) is 33.6 Å². The van der Waals surface area contributed by atoms with E-state index in [-0.39, 0.29) is 22.8 Å². The van der Waals surface area contributed by atoms with Crippen molar-refractivity contribution in [2.75, 3.05) is 5.32 Å². The number of alkyl halides is 2. The Morgan fingerprint density at radius 1 is 1.00 bits per heavy atom. The molecule has 0 heterocycles. The third-order valence-electron chi connectivity index (χ3n) is 5.94. The second kappa shape index (κ2) is 10.0. The molecule has 1 aliphatic carbocycles. The van der Waals surface area contributed by atoms with E-state index in [2.05, 4.69) is 11.4 Å². The van der Waals surface area contributed by atoms with E-state index in [4.69, 9.17) is 63.3 Å². The normalized spacial score (nSPS) is 18.0. The third-order valence-corrected chi connectivity index (χ3v) is 7.64. The number of rotatable bonds is 6. The van der Waals surface area contributed by atoms with Gasteiger partial charge in [0.2, 0.25) is 5.91 Å². The van der Waals surface area contributed by atoms with E-state index in [0.717, 1.165) is 11.1 Å². The number of anilines is 1. The smallest absolute Gasteiger partial charge is 0.231 e. The van der Waals surface area contributed by atoms with Crippen molar-refractivity contribution < 1.29 is 9.59 Å². The number of nitrogens with one attached hydrogen (secondary N) is 1. The predicted molar refractivity (Wildman–Crippen MR) is 141 cm³/mol. The Morgan fingerprint density at radius 3 is 2.31 bits per heavy atom. The number of ketones is 1. The first kappa shape index (κ1) is 25.8. The molecule has 0 aliphatic heterocycles.